The van der Waals surface area contributed by atoms with E-state index in [9.17, 15) is 8.42 Å². The number of hydrogen-bond acceptors (Lipinski definition) is 6. The molecule has 2 aromatic rings. The highest BCUT2D eigenvalue weighted by molar-refractivity contribution is 7.86. The number of rotatable bonds is 9. The molecule has 0 radical (unpaired) electrons. The largest absolute Gasteiger partial charge is 0.338 e. The van der Waals surface area contributed by atoms with Crippen molar-refractivity contribution in [1.82, 2.24) is 23.7 Å². The van der Waals surface area contributed by atoms with Crippen molar-refractivity contribution in [3.63, 3.8) is 0 Å². The van der Waals surface area contributed by atoms with Gasteiger partial charge in [-0.1, -0.05) is 48.8 Å². The SMILES string of the molecule is CCCN(CCC)S(=O)(=O)N1CCN(Cc2nc(-c3ccc(C)cc3)no2)CC1. The van der Waals surface area contributed by atoms with E-state index in [0.717, 1.165) is 18.4 Å². The number of piperazine rings is 1. The van der Waals surface area contributed by atoms with E-state index in [-0.39, 0.29) is 0 Å². The lowest BCUT2D eigenvalue weighted by Crippen LogP contribution is -2.53. The maximum Gasteiger partial charge on any atom is 0.282 e. The number of nitrogens with zero attached hydrogens (tertiary/aromatic N) is 5. The Hall–Kier alpha value is -1.81. The van der Waals surface area contributed by atoms with Crippen LogP contribution < -0.4 is 0 Å². The molecular formula is C20H31N5O3S. The van der Waals surface area contributed by atoms with Crippen molar-refractivity contribution >= 4 is 10.2 Å². The van der Waals surface area contributed by atoms with Crippen molar-refractivity contribution in [3.05, 3.63) is 35.7 Å². The molecule has 160 valence electrons. The Bertz CT molecular complexity index is 868. The van der Waals surface area contributed by atoms with Crippen LogP contribution in [0.4, 0.5) is 0 Å². The van der Waals surface area contributed by atoms with Crippen molar-refractivity contribution in [2.24, 2.45) is 0 Å². The Balaban J connectivity index is 1.57. The molecule has 1 fully saturated rings. The van der Waals surface area contributed by atoms with Crippen LogP contribution in [-0.2, 0) is 16.8 Å². The van der Waals surface area contributed by atoms with Crippen LogP contribution in [0.2, 0.25) is 0 Å². The molecule has 1 saturated heterocycles. The molecule has 1 aromatic carbocycles. The van der Waals surface area contributed by atoms with Crippen LogP contribution in [0.25, 0.3) is 11.4 Å². The van der Waals surface area contributed by atoms with Gasteiger partial charge in [0.1, 0.15) is 0 Å². The van der Waals surface area contributed by atoms with Gasteiger partial charge in [0.05, 0.1) is 6.54 Å². The van der Waals surface area contributed by atoms with E-state index in [1.165, 1.54) is 5.56 Å². The summed E-state index contributed by atoms with van der Waals surface area (Å²) in [6, 6.07) is 7.99. The Morgan fingerprint density at radius 1 is 1.03 bits per heavy atom. The second-order valence-electron chi connectivity index (χ2n) is 7.46. The summed E-state index contributed by atoms with van der Waals surface area (Å²) in [5, 5.41) is 4.07. The summed E-state index contributed by atoms with van der Waals surface area (Å²) in [4.78, 5) is 6.64. The second-order valence-corrected chi connectivity index (χ2v) is 9.39. The predicted octanol–water partition coefficient (Wildman–Crippen LogP) is 2.53. The van der Waals surface area contributed by atoms with E-state index in [2.05, 4.69) is 15.0 Å². The first-order valence-electron chi connectivity index (χ1n) is 10.3. The van der Waals surface area contributed by atoms with Crippen LogP contribution in [0.15, 0.2) is 28.8 Å². The number of aryl methyl sites for hydroxylation is 1. The highest BCUT2D eigenvalue weighted by atomic mass is 32.2. The third-order valence-electron chi connectivity index (χ3n) is 5.07. The molecular weight excluding hydrogens is 390 g/mol. The monoisotopic (exact) mass is 421 g/mol. The zero-order valence-corrected chi connectivity index (χ0v) is 18.4. The lowest BCUT2D eigenvalue weighted by atomic mass is 10.1. The molecule has 1 aliphatic heterocycles. The molecule has 0 saturated carbocycles. The molecule has 9 heteroatoms. The van der Waals surface area contributed by atoms with Gasteiger partial charge < -0.3 is 4.52 Å². The van der Waals surface area contributed by atoms with Crippen molar-refractivity contribution in [2.75, 3.05) is 39.3 Å². The van der Waals surface area contributed by atoms with Crippen molar-refractivity contribution < 1.29 is 12.9 Å². The van der Waals surface area contributed by atoms with Gasteiger partial charge in [-0.2, -0.15) is 22.0 Å². The third-order valence-corrected chi connectivity index (χ3v) is 7.10. The van der Waals surface area contributed by atoms with E-state index >= 15 is 0 Å². The summed E-state index contributed by atoms with van der Waals surface area (Å²) in [6.45, 7) is 9.96. The van der Waals surface area contributed by atoms with E-state index < -0.39 is 10.2 Å². The van der Waals surface area contributed by atoms with Crippen LogP contribution >= 0.6 is 0 Å². The van der Waals surface area contributed by atoms with E-state index in [4.69, 9.17) is 4.52 Å². The average Bonchev–Trinajstić information content (AvgIpc) is 3.17. The number of aromatic nitrogens is 2. The molecule has 0 amide bonds. The lowest BCUT2D eigenvalue weighted by molar-refractivity contribution is 0.158. The fourth-order valence-corrected chi connectivity index (χ4v) is 5.23. The molecule has 0 spiro atoms. The molecule has 29 heavy (non-hydrogen) atoms. The molecule has 0 aliphatic carbocycles. The van der Waals surface area contributed by atoms with Gasteiger partial charge >= 0.3 is 0 Å². The second kappa shape index (κ2) is 9.80. The average molecular weight is 422 g/mol. The van der Waals surface area contributed by atoms with E-state index in [1.54, 1.807) is 8.61 Å². The maximum atomic E-state index is 12.9. The van der Waals surface area contributed by atoms with Gasteiger partial charge in [-0.15, -0.1) is 0 Å². The number of hydrogen-bond donors (Lipinski definition) is 0. The van der Waals surface area contributed by atoms with Crippen LogP contribution in [-0.4, -0.2) is 71.3 Å². The third kappa shape index (κ3) is 5.42. The van der Waals surface area contributed by atoms with Gasteiger partial charge in [-0.05, 0) is 19.8 Å². The standard InChI is InChI=1S/C20H31N5O3S/c1-4-10-24(11-5-2)29(26,27)25-14-12-23(13-15-25)16-19-21-20(22-28-19)18-8-6-17(3)7-9-18/h6-9H,4-5,10-16H2,1-3H3. The Kier molecular flexibility index (Phi) is 7.39. The summed E-state index contributed by atoms with van der Waals surface area (Å²) in [5.41, 5.74) is 2.11. The Labute approximate surface area is 173 Å². The topological polar surface area (TPSA) is 82.8 Å². The highest BCUT2D eigenvalue weighted by Gasteiger charge is 2.31. The van der Waals surface area contributed by atoms with Gasteiger partial charge in [-0.25, -0.2) is 0 Å². The quantitative estimate of drug-likeness (QED) is 0.619. The van der Waals surface area contributed by atoms with Crippen LogP contribution in [0.3, 0.4) is 0 Å². The molecule has 8 nitrogen and oxygen atoms in total. The minimum Gasteiger partial charge on any atom is -0.338 e. The summed E-state index contributed by atoms with van der Waals surface area (Å²) < 4.78 is 34.4. The van der Waals surface area contributed by atoms with Gasteiger partial charge in [-0.3, -0.25) is 4.90 Å². The summed E-state index contributed by atoms with van der Waals surface area (Å²) >= 11 is 0. The summed E-state index contributed by atoms with van der Waals surface area (Å²) in [6.07, 6.45) is 1.64. The van der Waals surface area contributed by atoms with Gasteiger partial charge in [0, 0.05) is 44.8 Å². The smallest absolute Gasteiger partial charge is 0.282 e. The number of benzene rings is 1. The normalized spacial score (nSPS) is 16.6. The molecule has 0 unspecified atom stereocenters. The van der Waals surface area contributed by atoms with Crippen LogP contribution in [0.5, 0.6) is 0 Å². The first kappa shape index (κ1) is 21.9. The van der Waals surface area contributed by atoms with Gasteiger partial charge in [0.2, 0.25) is 11.7 Å². The lowest BCUT2D eigenvalue weighted by Gasteiger charge is -2.36. The van der Waals surface area contributed by atoms with Gasteiger partial charge in [0.25, 0.3) is 10.2 Å². The van der Waals surface area contributed by atoms with Crippen molar-refractivity contribution in [1.29, 1.82) is 0 Å². The summed E-state index contributed by atoms with van der Waals surface area (Å²) in [5.74, 6) is 1.13. The molecule has 0 bridgehead atoms. The highest BCUT2D eigenvalue weighted by Crippen LogP contribution is 2.18. The van der Waals surface area contributed by atoms with Crippen molar-refractivity contribution in [2.45, 2.75) is 40.2 Å². The summed E-state index contributed by atoms with van der Waals surface area (Å²) in [7, 11) is -3.39. The zero-order valence-electron chi connectivity index (χ0n) is 17.5. The minimum absolute atomic E-state index is 0.477. The van der Waals surface area contributed by atoms with Crippen molar-refractivity contribution in [3.8, 4) is 11.4 Å². The van der Waals surface area contributed by atoms with Crippen LogP contribution in [0.1, 0.15) is 38.1 Å². The molecule has 1 aliphatic rings. The predicted molar refractivity (Wildman–Crippen MR) is 112 cm³/mol. The minimum atomic E-state index is -3.39. The molecule has 3 rings (SSSR count). The van der Waals surface area contributed by atoms with Crippen LogP contribution in [0, 0.1) is 6.92 Å². The Morgan fingerprint density at radius 3 is 2.24 bits per heavy atom. The zero-order chi connectivity index (χ0) is 20.9. The van der Waals surface area contributed by atoms with E-state index in [0.29, 0.717) is 57.5 Å². The van der Waals surface area contributed by atoms with E-state index in [1.807, 2.05) is 45.0 Å². The van der Waals surface area contributed by atoms with Gasteiger partial charge in [0.15, 0.2) is 0 Å². The first-order chi connectivity index (χ1) is 13.9. The molecule has 2 heterocycles. The first-order valence-corrected chi connectivity index (χ1v) is 11.7. The molecule has 1 aromatic heterocycles. The fraction of sp³-hybridized carbons (Fsp3) is 0.600. The fourth-order valence-electron chi connectivity index (χ4n) is 3.45. The molecule has 0 N–H and O–H groups in total. The Morgan fingerprint density at radius 2 is 1.66 bits per heavy atom. The maximum absolute atomic E-state index is 12.9. The molecule has 0 atom stereocenters.